The fourth-order valence-corrected chi connectivity index (χ4v) is 11.9. The van der Waals surface area contributed by atoms with Gasteiger partial charge in [0.1, 0.15) is 0 Å². The van der Waals surface area contributed by atoms with Gasteiger partial charge in [-0.05, 0) is 118 Å². The number of ether oxygens (including phenoxy) is 4. The lowest BCUT2D eigenvalue weighted by Crippen LogP contribution is -2.54. The highest BCUT2D eigenvalue weighted by molar-refractivity contribution is 5.76. The Morgan fingerprint density at radius 3 is 0.847 bits per heavy atom. The van der Waals surface area contributed by atoms with Crippen molar-refractivity contribution in [2.75, 3.05) is 6.61 Å². The molecule has 72 heavy (non-hydrogen) atoms. The number of nitrogens with one attached hydrogen (secondary N) is 4. The van der Waals surface area contributed by atoms with E-state index in [1.165, 1.54) is 0 Å². The number of rotatable bonds is 27. The molecule has 4 aliphatic rings. The monoisotopic (exact) mass is 1010 g/mol. The lowest BCUT2D eigenvalue weighted by atomic mass is 9.80. The van der Waals surface area contributed by atoms with Gasteiger partial charge in [0.2, 0.25) is 0 Å². The molecule has 0 radical (unpaired) electrons. The Morgan fingerprint density at radius 2 is 0.569 bits per heavy atom. The van der Waals surface area contributed by atoms with Crippen LogP contribution in [0.1, 0.15) is 220 Å². The fraction of sp³-hybridized carbons (Fsp3) is 0.933. The van der Waals surface area contributed by atoms with E-state index in [9.17, 15) is 19.2 Å². The van der Waals surface area contributed by atoms with Gasteiger partial charge in [-0.2, -0.15) is 0 Å². The average molecular weight is 1020 g/mol. The topological polar surface area (TPSA) is 153 Å². The number of carbonyl (C=O) groups is 4. The van der Waals surface area contributed by atoms with E-state index < -0.39 is 12.4 Å². The van der Waals surface area contributed by atoms with Crippen molar-refractivity contribution in [2.45, 2.75) is 281 Å². The molecule has 4 heterocycles. The average Bonchev–Trinajstić information content (AvgIpc) is 3.33. The summed E-state index contributed by atoms with van der Waals surface area (Å²) in [5, 5.41) is 15.2. The molecule has 9 atom stereocenters. The van der Waals surface area contributed by atoms with Crippen molar-refractivity contribution in [1.29, 1.82) is 0 Å². The fourth-order valence-electron chi connectivity index (χ4n) is 11.9. The van der Waals surface area contributed by atoms with E-state index in [0.29, 0.717) is 111 Å². The van der Waals surface area contributed by atoms with Crippen molar-refractivity contribution in [1.82, 2.24) is 21.3 Å². The van der Waals surface area contributed by atoms with E-state index in [1.54, 1.807) is 0 Å². The van der Waals surface area contributed by atoms with E-state index in [1.807, 2.05) is 0 Å². The summed E-state index contributed by atoms with van der Waals surface area (Å²) in [4.78, 5) is 56.9. The van der Waals surface area contributed by atoms with Crippen LogP contribution in [0.25, 0.3) is 0 Å². The van der Waals surface area contributed by atoms with Crippen molar-refractivity contribution in [3.63, 3.8) is 0 Å². The molecule has 418 valence electrons. The first kappa shape index (κ1) is 62.3. The van der Waals surface area contributed by atoms with Crippen LogP contribution in [0.3, 0.4) is 0 Å². The standard InChI is InChI=1S/C60H110N4O8/c1-35(2)47-27-43(28-48(61-47)36(3)4)56(65)69-26-24-22-20-18-17-19-21-23-25-55(70-57(66)44-29-49(37(5)6)62-50(30-44)38(7)8)60(71-58(67)45-31-51(39(9)10)63-52(32-45)40(11)12)72-59(68)46-33-53(41(13)14)64-54(34-46)42(15)16/h35-55,60-64H,17-34H2,1-16H3. The van der Waals surface area contributed by atoms with Crippen LogP contribution in [0.5, 0.6) is 0 Å². The maximum absolute atomic E-state index is 14.6. The second kappa shape index (κ2) is 30.5. The molecule has 0 saturated carbocycles. The Bertz CT molecular complexity index is 1500. The van der Waals surface area contributed by atoms with Gasteiger partial charge in [-0.15, -0.1) is 0 Å². The zero-order valence-electron chi connectivity index (χ0n) is 48.7. The van der Waals surface area contributed by atoms with Gasteiger partial charge in [0.05, 0.1) is 30.3 Å². The summed E-state index contributed by atoms with van der Waals surface area (Å²) < 4.78 is 25.4. The zero-order chi connectivity index (χ0) is 53.4. The van der Waals surface area contributed by atoms with Crippen LogP contribution in [0, 0.1) is 71.0 Å². The van der Waals surface area contributed by atoms with E-state index in [4.69, 9.17) is 18.9 Å². The highest BCUT2D eigenvalue weighted by Gasteiger charge is 2.44. The molecule has 4 saturated heterocycles. The molecule has 12 heteroatoms. The molecule has 0 aromatic heterocycles. The molecular formula is C60H110N4O8. The van der Waals surface area contributed by atoms with Crippen LogP contribution in [-0.2, 0) is 38.1 Å². The SMILES string of the molecule is CC(C)C1CC(C(=O)OCCCCCCCCCCC(OC(=O)C2CC(C(C)C)NC(C(C)C)C2)C(OC(=O)C2CC(C(C)C)NC(C(C)C)C2)OC(=O)C2CC(C(C)C)NC(C(C)C)C2)CC(C(C)C)N1. The van der Waals surface area contributed by atoms with Crippen LogP contribution in [-0.4, -0.2) is 91.2 Å². The van der Waals surface area contributed by atoms with Crippen molar-refractivity contribution in [2.24, 2.45) is 71.0 Å². The van der Waals surface area contributed by atoms with Crippen LogP contribution in [0.4, 0.5) is 0 Å². The maximum atomic E-state index is 14.6. The van der Waals surface area contributed by atoms with Gasteiger partial charge in [0, 0.05) is 48.3 Å². The van der Waals surface area contributed by atoms with E-state index in [2.05, 4.69) is 132 Å². The summed E-state index contributed by atoms with van der Waals surface area (Å²) in [5.74, 6) is 0.754. The molecule has 0 amide bonds. The normalized spacial score (nSPS) is 30.4. The summed E-state index contributed by atoms with van der Waals surface area (Å²) >= 11 is 0. The Hall–Kier alpha value is -2.28. The molecule has 4 rings (SSSR count). The van der Waals surface area contributed by atoms with Gasteiger partial charge in [0.25, 0.3) is 6.29 Å². The predicted octanol–water partition coefficient (Wildman–Crippen LogP) is 11.6. The van der Waals surface area contributed by atoms with Gasteiger partial charge in [-0.25, -0.2) is 0 Å². The van der Waals surface area contributed by atoms with Gasteiger partial charge >= 0.3 is 23.9 Å². The largest absolute Gasteiger partial charge is 0.465 e. The summed E-state index contributed by atoms with van der Waals surface area (Å²) in [6, 6.07) is 1.62. The summed E-state index contributed by atoms with van der Waals surface area (Å²) in [6.45, 7) is 35.6. The van der Waals surface area contributed by atoms with Gasteiger partial charge in [-0.1, -0.05) is 149 Å². The van der Waals surface area contributed by atoms with Crippen LogP contribution in [0.15, 0.2) is 0 Å². The van der Waals surface area contributed by atoms with Crippen molar-refractivity contribution in [3.05, 3.63) is 0 Å². The number of carbonyl (C=O) groups excluding carboxylic acids is 4. The highest BCUT2D eigenvalue weighted by Crippen LogP contribution is 2.35. The molecule has 4 aliphatic heterocycles. The van der Waals surface area contributed by atoms with E-state index >= 15 is 0 Å². The first-order valence-electron chi connectivity index (χ1n) is 29.8. The molecule has 0 bridgehead atoms. The molecule has 0 spiro atoms. The molecule has 0 aromatic carbocycles. The van der Waals surface area contributed by atoms with E-state index in [0.717, 1.165) is 64.2 Å². The maximum Gasteiger partial charge on any atom is 0.312 e. The number of esters is 4. The Morgan fingerprint density at radius 1 is 0.333 bits per heavy atom. The third-order valence-corrected chi connectivity index (χ3v) is 17.5. The first-order chi connectivity index (χ1) is 33.9. The summed E-state index contributed by atoms with van der Waals surface area (Å²) in [5.41, 5.74) is 0. The number of unbranched alkanes of at least 4 members (excludes halogenated alkanes) is 7. The smallest absolute Gasteiger partial charge is 0.312 e. The van der Waals surface area contributed by atoms with Gasteiger partial charge in [0.15, 0.2) is 6.10 Å². The number of piperidine rings is 4. The minimum Gasteiger partial charge on any atom is -0.465 e. The lowest BCUT2D eigenvalue weighted by molar-refractivity contribution is -0.223. The number of hydrogen-bond acceptors (Lipinski definition) is 12. The summed E-state index contributed by atoms with van der Waals surface area (Å²) in [7, 11) is 0. The molecular weight excluding hydrogens is 905 g/mol. The predicted molar refractivity (Wildman–Crippen MR) is 291 cm³/mol. The third kappa shape index (κ3) is 19.7. The van der Waals surface area contributed by atoms with Crippen LogP contribution in [0.2, 0.25) is 0 Å². The van der Waals surface area contributed by atoms with Crippen LogP contribution >= 0.6 is 0 Å². The van der Waals surface area contributed by atoms with Crippen molar-refractivity contribution < 1.29 is 38.1 Å². The van der Waals surface area contributed by atoms with Crippen molar-refractivity contribution in [3.8, 4) is 0 Å². The third-order valence-electron chi connectivity index (χ3n) is 17.5. The quantitative estimate of drug-likeness (QED) is 0.0268. The first-order valence-corrected chi connectivity index (χ1v) is 29.8. The minimum atomic E-state index is -1.34. The lowest BCUT2D eigenvalue weighted by Gasteiger charge is -2.41. The minimum absolute atomic E-state index is 0.0312. The number of hydrogen-bond donors (Lipinski definition) is 4. The van der Waals surface area contributed by atoms with Gasteiger partial charge in [-0.3, -0.25) is 19.2 Å². The Labute approximate surface area is 440 Å². The highest BCUT2D eigenvalue weighted by atomic mass is 16.7. The zero-order valence-corrected chi connectivity index (χ0v) is 48.7. The molecule has 9 unspecified atom stereocenters. The second-order valence-corrected chi connectivity index (χ2v) is 26.1. The second-order valence-electron chi connectivity index (χ2n) is 26.1. The molecule has 4 fully saturated rings. The van der Waals surface area contributed by atoms with E-state index in [-0.39, 0.29) is 83.8 Å². The Balaban J connectivity index is 1.46. The summed E-state index contributed by atoms with van der Waals surface area (Å²) in [6.07, 6.45) is 11.5. The molecule has 4 N–H and O–H groups in total. The molecule has 0 aromatic rings. The van der Waals surface area contributed by atoms with Crippen LogP contribution < -0.4 is 21.3 Å². The van der Waals surface area contributed by atoms with Crippen molar-refractivity contribution >= 4 is 23.9 Å². The van der Waals surface area contributed by atoms with Gasteiger partial charge < -0.3 is 40.2 Å². The molecule has 12 nitrogen and oxygen atoms in total. The Kier molecular flexibility index (Phi) is 26.3. The molecule has 0 aliphatic carbocycles.